The molecule has 1 aliphatic heterocycles. The third-order valence-corrected chi connectivity index (χ3v) is 7.55. The van der Waals surface area contributed by atoms with Crippen LogP contribution < -0.4 is 15.4 Å². The van der Waals surface area contributed by atoms with Crippen LogP contribution in [0, 0.1) is 5.82 Å². The van der Waals surface area contributed by atoms with E-state index in [-0.39, 0.29) is 11.7 Å². The number of anilines is 2. The van der Waals surface area contributed by atoms with Gasteiger partial charge in [-0.3, -0.25) is 4.79 Å². The van der Waals surface area contributed by atoms with Crippen LogP contribution in [-0.2, 0) is 10.5 Å². The lowest BCUT2D eigenvalue weighted by atomic mass is 9.92. The number of halogens is 1. The first kappa shape index (κ1) is 26.5. The molecule has 200 valence electrons. The first-order chi connectivity index (χ1) is 18.9. The number of methoxy groups -OCH3 is 1. The standard InChI is InChI=1S/C30H30FN5O2S/c1-18(2)20-13-15-21(16-14-20)27-26(28(37)33-24-11-7-8-12-25(24)38-4)19(3)32-29-34-30(35-36(27)29)39-17-22-9-5-6-10-23(22)31/h5-16,18,27H,17H2,1-4H3,(H,33,37)(H,32,34,35). The molecule has 9 heteroatoms. The second-order valence-corrected chi connectivity index (χ2v) is 10.5. The van der Waals surface area contributed by atoms with Gasteiger partial charge in [0.1, 0.15) is 17.6 Å². The summed E-state index contributed by atoms with van der Waals surface area (Å²) in [5, 5.41) is 11.5. The molecule has 0 bridgehead atoms. The molecule has 5 rings (SSSR count). The number of hydrogen-bond donors (Lipinski definition) is 2. The molecule has 1 amide bonds. The molecule has 2 heterocycles. The lowest BCUT2D eigenvalue weighted by Gasteiger charge is -2.29. The lowest BCUT2D eigenvalue weighted by molar-refractivity contribution is -0.113. The van der Waals surface area contributed by atoms with Crippen LogP contribution in [0.2, 0.25) is 0 Å². The minimum atomic E-state index is -0.521. The molecule has 0 aliphatic carbocycles. The van der Waals surface area contributed by atoms with E-state index < -0.39 is 6.04 Å². The number of fused-ring (bicyclic) bond motifs is 1. The van der Waals surface area contributed by atoms with Crippen LogP contribution in [0.4, 0.5) is 16.0 Å². The van der Waals surface area contributed by atoms with Gasteiger partial charge in [0.05, 0.1) is 18.4 Å². The number of nitrogens with one attached hydrogen (secondary N) is 2. The fraction of sp³-hybridized carbons (Fsp3) is 0.233. The highest BCUT2D eigenvalue weighted by molar-refractivity contribution is 7.98. The zero-order chi connectivity index (χ0) is 27.5. The number of carbonyl (C=O) groups is 1. The summed E-state index contributed by atoms with van der Waals surface area (Å²) in [7, 11) is 1.57. The second kappa shape index (κ2) is 11.3. The van der Waals surface area contributed by atoms with Gasteiger partial charge < -0.3 is 15.4 Å². The van der Waals surface area contributed by atoms with E-state index in [0.29, 0.717) is 51.0 Å². The smallest absolute Gasteiger partial charge is 0.255 e. The van der Waals surface area contributed by atoms with Crippen molar-refractivity contribution >= 4 is 29.3 Å². The minimum absolute atomic E-state index is 0.261. The SMILES string of the molecule is COc1ccccc1NC(=O)C1=C(C)Nc2nc(SCc3ccccc3F)nn2C1c1ccc(C(C)C)cc1. The zero-order valence-corrected chi connectivity index (χ0v) is 23.1. The van der Waals surface area contributed by atoms with Crippen LogP contribution in [0.25, 0.3) is 0 Å². The van der Waals surface area contributed by atoms with Crippen LogP contribution in [0.5, 0.6) is 5.75 Å². The van der Waals surface area contributed by atoms with Crippen molar-refractivity contribution < 1.29 is 13.9 Å². The average molecular weight is 544 g/mol. The maximum atomic E-state index is 14.2. The molecule has 0 spiro atoms. The van der Waals surface area contributed by atoms with Crippen LogP contribution in [0.15, 0.2) is 89.2 Å². The van der Waals surface area contributed by atoms with E-state index in [1.165, 1.54) is 23.4 Å². The molecule has 0 fully saturated rings. The molecule has 0 saturated heterocycles. The van der Waals surface area contributed by atoms with E-state index in [2.05, 4.69) is 41.6 Å². The monoisotopic (exact) mass is 543 g/mol. The van der Waals surface area contributed by atoms with E-state index in [4.69, 9.17) is 9.84 Å². The Labute approximate surface area is 231 Å². The fourth-order valence-corrected chi connectivity index (χ4v) is 5.37. The largest absolute Gasteiger partial charge is 0.495 e. The van der Waals surface area contributed by atoms with Gasteiger partial charge in [-0.05, 0) is 47.7 Å². The summed E-state index contributed by atoms with van der Waals surface area (Å²) in [6.45, 7) is 6.14. The number of para-hydroxylation sites is 2. The first-order valence-electron chi connectivity index (χ1n) is 12.7. The second-order valence-electron chi connectivity index (χ2n) is 9.58. The van der Waals surface area contributed by atoms with Crippen molar-refractivity contribution in [3.05, 3.63) is 107 Å². The zero-order valence-electron chi connectivity index (χ0n) is 22.2. The van der Waals surface area contributed by atoms with Crippen molar-refractivity contribution in [1.29, 1.82) is 0 Å². The number of hydrogen-bond acceptors (Lipinski definition) is 6. The molecule has 1 aliphatic rings. The van der Waals surface area contributed by atoms with Crippen molar-refractivity contribution in [2.24, 2.45) is 0 Å². The Morgan fingerprint density at radius 1 is 1.10 bits per heavy atom. The Morgan fingerprint density at radius 2 is 1.82 bits per heavy atom. The summed E-state index contributed by atoms with van der Waals surface area (Å²) in [6, 6.07) is 21.7. The molecular weight excluding hydrogens is 513 g/mol. The number of rotatable bonds is 8. The predicted octanol–water partition coefficient (Wildman–Crippen LogP) is 6.77. The van der Waals surface area contributed by atoms with E-state index >= 15 is 0 Å². The number of carbonyl (C=O) groups excluding carboxylic acids is 1. The number of benzene rings is 3. The molecular formula is C30H30FN5O2S. The van der Waals surface area contributed by atoms with Gasteiger partial charge in [0, 0.05) is 11.4 Å². The molecule has 3 aromatic carbocycles. The Morgan fingerprint density at radius 3 is 2.54 bits per heavy atom. The highest BCUT2D eigenvalue weighted by atomic mass is 32.2. The minimum Gasteiger partial charge on any atom is -0.495 e. The number of nitrogens with zero attached hydrogens (tertiary/aromatic N) is 3. The fourth-order valence-electron chi connectivity index (χ4n) is 4.55. The molecule has 0 radical (unpaired) electrons. The van der Waals surface area contributed by atoms with Crippen LogP contribution in [0.3, 0.4) is 0 Å². The summed E-state index contributed by atoms with van der Waals surface area (Å²) >= 11 is 1.34. The number of allylic oxidation sites excluding steroid dienone is 1. The van der Waals surface area contributed by atoms with E-state index in [1.807, 2.05) is 37.3 Å². The van der Waals surface area contributed by atoms with Gasteiger partial charge in [0.15, 0.2) is 0 Å². The molecule has 1 unspecified atom stereocenters. The molecule has 1 atom stereocenters. The van der Waals surface area contributed by atoms with Gasteiger partial charge in [-0.25, -0.2) is 9.07 Å². The Bertz CT molecular complexity index is 1530. The van der Waals surface area contributed by atoms with Gasteiger partial charge in [-0.2, -0.15) is 4.98 Å². The lowest BCUT2D eigenvalue weighted by Crippen LogP contribution is -2.31. The topological polar surface area (TPSA) is 81.1 Å². The van der Waals surface area contributed by atoms with Crippen molar-refractivity contribution in [1.82, 2.24) is 14.8 Å². The van der Waals surface area contributed by atoms with Crippen LogP contribution in [-0.4, -0.2) is 27.8 Å². The van der Waals surface area contributed by atoms with Gasteiger partial charge in [0.2, 0.25) is 11.1 Å². The number of thioether (sulfide) groups is 1. The van der Waals surface area contributed by atoms with Crippen molar-refractivity contribution in [2.45, 2.75) is 43.6 Å². The first-order valence-corrected chi connectivity index (χ1v) is 13.7. The number of aromatic nitrogens is 3. The Hall–Kier alpha value is -4.11. The average Bonchev–Trinajstić information content (AvgIpc) is 3.34. The van der Waals surface area contributed by atoms with E-state index in [0.717, 1.165) is 5.56 Å². The maximum Gasteiger partial charge on any atom is 0.255 e. The highest BCUT2D eigenvalue weighted by Crippen LogP contribution is 2.38. The van der Waals surface area contributed by atoms with Crippen LogP contribution in [0.1, 0.15) is 49.4 Å². The third-order valence-electron chi connectivity index (χ3n) is 6.67. The molecule has 4 aromatic rings. The third kappa shape index (κ3) is 5.54. The predicted molar refractivity (Wildman–Crippen MR) is 153 cm³/mol. The molecule has 2 N–H and O–H groups in total. The van der Waals surface area contributed by atoms with Gasteiger partial charge >= 0.3 is 0 Å². The highest BCUT2D eigenvalue weighted by Gasteiger charge is 2.34. The summed E-state index contributed by atoms with van der Waals surface area (Å²) < 4.78 is 21.4. The summed E-state index contributed by atoms with van der Waals surface area (Å²) in [5.41, 5.74) is 4.45. The van der Waals surface area contributed by atoms with Crippen molar-refractivity contribution in [2.75, 3.05) is 17.7 Å². The van der Waals surface area contributed by atoms with E-state index in [9.17, 15) is 9.18 Å². The van der Waals surface area contributed by atoms with Gasteiger partial charge in [0.25, 0.3) is 5.91 Å². The molecule has 0 saturated carbocycles. The maximum absolute atomic E-state index is 14.2. The van der Waals surface area contributed by atoms with Gasteiger partial charge in [-0.1, -0.05) is 80.2 Å². The quantitative estimate of drug-likeness (QED) is 0.239. The Kier molecular flexibility index (Phi) is 7.70. The number of ether oxygens (including phenoxy) is 1. The van der Waals surface area contributed by atoms with Gasteiger partial charge in [-0.15, -0.1) is 5.10 Å². The Balaban J connectivity index is 1.51. The molecule has 1 aromatic heterocycles. The van der Waals surface area contributed by atoms with Crippen LogP contribution >= 0.6 is 11.8 Å². The molecule has 7 nitrogen and oxygen atoms in total. The summed E-state index contributed by atoms with van der Waals surface area (Å²) in [6.07, 6.45) is 0. The number of amides is 1. The van der Waals surface area contributed by atoms with Crippen molar-refractivity contribution in [3.8, 4) is 5.75 Å². The molecule has 39 heavy (non-hydrogen) atoms. The van der Waals surface area contributed by atoms with E-state index in [1.54, 1.807) is 36.1 Å². The summed E-state index contributed by atoms with van der Waals surface area (Å²) in [4.78, 5) is 18.5. The summed E-state index contributed by atoms with van der Waals surface area (Å²) in [5.74, 6) is 1.32. The normalized spacial score (nSPS) is 14.7. The van der Waals surface area contributed by atoms with Crippen molar-refractivity contribution in [3.63, 3.8) is 0 Å².